The molecule has 0 aliphatic carbocycles. The molecular formula is C10H19NO2. The van der Waals surface area contributed by atoms with E-state index < -0.39 is 0 Å². The molecule has 0 fully saturated rings. The number of hydrogen-bond acceptors (Lipinski definition) is 3. The van der Waals surface area contributed by atoms with Crippen molar-refractivity contribution in [2.24, 2.45) is 5.73 Å². The standard InChI is InChI=1S/C10H19NO2/c11-10-13-9-7-5-3-1-2-4-6-8-12/h6H,1-5,7,9-11H2. The summed E-state index contributed by atoms with van der Waals surface area (Å²) in [7, 11) is 0. The van der Waals surface area contributed by atoms with Crippen LogP contribution < -0.4 is 5.73 Å². The van der Waals surface area contributed by atoms with E-state index in [0.717, 1.165) is 25.9 Å². The predicted molar refractivity (Wildman–Crippen MR) is 53.0 cm³/mol. The zero-order valence-electron chi connectivity index (χ0n) is 8.13. The van der Waals surface area contributed by atoms with Crippen LogP contribution in [-0.2, 0) is 9.53 Å². The van der Waals surface area contributed by atoms with Gasteiger partial charge in [-0.05, 0) is 25.3 Å². The van der Waals surface area contributed by atoms with E-state index in [0.29, 0.717) is 6.73 Å². The second kappa shape index (κ2) is 11.4. The Morgan fingerprint density at radius 1 is 1.15 bits per heavy atom. The Hall–Kier alpha value is -0.630. The molecule has 0 aliphatic heterocycles. The number of hydrogen-bond donors (Lipinski definition) is 1. The van der Waals surface area contributed by atoms with Crippen molar-refractivity contribution in [2.75, 3.05) is 13.3 Å². The highest BCUT2D eigenvalue weighted by Gasteiger charge is 1.89. The van der Waals surface area contributed by atoms with Crippen molar-refractivity contribution in [3.63, 3.8) is 0 Å². The number of allylic oxidation sites excluding steroid dienone is 1. The van der Waals surface area contributed by atoms with E-state index in [9.17, 15) is 4.79 Å². The normalized spacial score (nSPS) is 9.62. The van der Waals surface area contributed by atoms with Crippen LogP contribution in [0, 0.1) is 0 Å². The van der Waals surface area contributed by atoms with E-state index in [1.807, 2.05) is 0 Å². The molecule has 0 aliphatic rings. The number of carbonyl (C=O) groups excluding carboxylic acids is 1. The Bertz CT molecular complexity index is 142. The molecule has 0 heterocycles. The number of nitrogens with two attached hydrogens (primary N) is 1. The van der Waals surface area contributed by atoms with Gasteiger partial charge in [-0.3, -0.25) is 0 Å². The third-order valence-corrected chi connectivity index (χ3v) is 1.84. The molecule has 3 nitrogen and oxygen atoms in total. The predicted octanol–water partition coefficient (Wildman–Crippen LogP) is 1.65. The fourth-order valence-electron chi connectivity index (χ4n) is 1.12. The molecule has 3 heteroatoms. The van der Waals surface area contributed by atoms with E-state index >= 15 is 0 Å². The molecule has 13 heavy (non-hydrogen) atoms. The second-order valence-electron chi connectivity index (χ2n) is 2.95. The summed E-state index contributed by atoms with van der Waals surface area (Å²) >= 11 is 0. The van der Waals surface area contributed by atoms with Crippen molar-refractivity contribution >= 4 is 5.94 Å². The van der Waals surface area contributed by atoms with Crippen molar-refractivity contribution in [3.8, 4) is 0 Å². The van der Waals surface area contributed by atoms with Gasteiger partial charge in [0.05, 0.1) is 6.73 Å². The molecule has 0 bridgehead atoms. The van der Waals surface area contributed by atoms with Crippen LogP contribution in [0.1, 0.15) is 38.5 Å². The third kappa shape index (κ3) is 11.4. The van der Waals surface area contributed by atoms with Crippen molar-refractivity contribution < 1.29 is 9.53 Å². The first-order valence-electron chi connectivity index (χ1n) is 4.89. The van der Waals surface area contributed by atoms with Gasteiger partial charge >= 0.3 is 0 Å². The molecule has 0 rings (SSSR count). The summed E-state index contributed by atoms with van der Waals surface area (Å²) < 4.78 is 5.00. The summed E-state index contributed by atoms with van der Waals surface area (Å²) in [5.74, 6) is 1.78. The first-order chi connectivity index (χ1) is 6.41. The van der Waals surface area contributed by atoms with Gasteiger partial charge in [-0.2, -0.15) is 0 Å². The first kappa shape index (κ1) is 12.4. The number of unbranched alkanes of at least 4 members (excludes halogenated alkanes) is 5. The summed E-state index contributed by atoms with van der Waals surface area (Å²) in [5, 5.41) is 0. The average molecular weight is 185 g/mol. The van der Waals surface area contributed by atoms with E-state index in [4.69, 9.17) is 10.5 Å². The molecule has 0 unspecified atom stereocenters. The minimum atomic E-state index is 0.324. The van der Waals surface area contributed by atoms with Crippen molar-refractivity contribution in [1.82, 2.24) is 0 Å². The fourth-order valence-corrected chi connectivity index (χ4v) is 1.12. The molecule has 76 valence electrons. The highest BCUT2D eigenvalue weighted by molar-refractivity contribution is 5.44. The van der Waals surface area contributed by atoms with Gasteiger partial charge in [-0.15, -0.1) is 0 Å². The molecule has 0 spiro atoms. The number of rotatable bonds is 9. The molecule has 0 aromatic carbocycles. The minimum Gasteiger partial charge on any atom is -0.367 e. The summed E-state index contributed by atoms with van der Waals surface area (Å²) in [4.78, 5) is 9.80. The Labute approximate surface area is 79.9 Å². The van der Waals surface area contributed by atoms with Crippen LogP contribution in [0.5, 0.6) is 0 Å². The van der Waals surface area contributed by atoms with Gasteiger partial charge in [-0.25, -0.2) is 4.79 Å². The lowest BCUT2D eigenvalue weighted by Gasteiger charge is -2.00. The van der Waals surface area contributed by atoms with Crippen LogP contribution in [0.3, 0.4) is 0 Å². The van der Waals surface area contributed by atoms with Crippen LogP contribution in [0.4, 0.5) is 0 Å². The maximum Gasteiger partial charge on any atom is 0.120 e. The first-order valence-corrected chi connectivity index (χ1v) is 4.89. The van der Waals surface area contributed by atoms with E-state index in [1.165, 1.54) is 19.3 Å². The monoisotopic (exact) mass is 185 g/mol. The molecule has 0 amide bonds. The third-order valence-electron chi connectivity index (χ3n) is 1.84. The summed E-state index contributed by atoms with van der Waals surface area (Å²) in [6, 6.07) is 0. The highest BCUT2D eigenvalue weighted by Crippen LogP contribution is 2.05. The largest absolute Gasteiger partial charge is 0.367 e. The summed E-state index contributed by atoms with van der Waals surface area (Å²) in [6.45, 7) is 1.09. The molecule has 0 saturated carbocycles. The van der Waals surface area contributed by atoms with Gasteiger partial charge in [0.25, 0.3) is 0 Å². The van der Waals surface area contributed by atoms with Crippen molar-refractivity contribution in [1.29, 1.82) is 0 Å². The van der Waals surface area contributed by atoms with Gasteiger partial charge in [0.1, 0.15) is 5.94 Å². The summed E-state index contributed by atoms with van der Waals surface area (Å²) in [6.07, 6.45) is 8.17. The fraction of sp³-hybridized carbons (Fsp3) is 0.800. The molecule has 2 N–H and O–H groups in total. The van der Waals surface area contributed by atoms with Gasteiger partial charge in [0.15, 0.2) is 0 Å². The Morgan fingerprint density at radius 3 is 2.54 bits per heavy atom. The van der Waals surface area contributed by atoms with Gasteiger partial charge in [0.2, 0.25) is 0 Å². The Balaban J connectivity index is 2.87. The quantitative estimate of drug-likeness (QED) is 0.337. The Kier molecular flexibility index (Phi) is 10.8. The van der Waals surface area contributed by atoms with Crippen LogP contribution in [-0.4, -0.2) is 19.3 Å². The lowest BCUT2D eigenvalue weighted by molar-refractivity contribution is 0.136. The topological polar surface area (TPSA) is 52.3 Å². The van der Waals surface area contributed by atoms with E-state index in [-0.39, 0.29) is 0 Å². The smallest absolute Gasteiger partial charge is 0.120 e. The molecule has 0 radical (unpaired) electrons. The average Bonchev–Trinajstić information content (AvgIpc) is 2.16. The minimum absolute atomic E-state index is 0.324. The zero-order valence-corrected chi connectivity index (χ0v) is 8.13. The molecule has 0 aromatic rings. The van der Waals surface area contributed by atoms with Crippen molar-refractivity contribution in [3.05, 3.63) is 6.08 Å². The molecular weight excluding hydrogens is 166 g/mol. The highest BCUT2D eigenvalue weighted by atomic mass is 16.5. The summed E-state index contributed by atoms with van der Waals surface area (Å²) in [5.41, 5.74) is 5.16. The van der Waals surface area contributed by atoms with Crippen LogP contribution in [0.15, 0.2) is 6.08 Å². The number of ether oxygens (including phenoxy) is 1. The SMILES string of the molecule is NCOCCCCCCCC=C=O. The second-order valence-corrected chi connectivity index (χ2v) is 2.95. The van der Waals surface area contributed by atoms with E-state index in [1.54, 1.807) is 12.0 Å². The molecule has 0 saturated heterocycles. The maximum atomic E-state index is 9.80. The molecule has 0 atom stereocenters. The molecule has 0 aromatic heterocycles. The van der Waals surface area contributed by atoms with Gasteiger partial charge in [0, 0.05) is 6.61 Å². The van der Waals surface area contributed by atoms with Crippen LogP contribution in [0.2, 0.25) is 0 Å². The van der Waals surface area contributed by atoms with Gasteiger partial charge < -0.3 is 10.5 Å². The van der Waals surface area contributed by atoms with Gasteiger partial charge in [-0.1, -0.05) is 19.3 Å². The zero-order chi connectivity index (χ0) is 9.78. The van der Waals surface area contributed by atoms with E-state index in [2.05, 4.69) is 0 Å². The lowest BCUT2D eigenvalue weighted by atomic mass is 10.1. The lowest BCUT2D eigenvalue weighted by Crippen LogP contribution is -2.05. The van der Waals surface area contributed by atoms with Crippen molar-refractivity contribution in [2.45, 2.75) is 38.5 Å². The van der Waals surface area contributed by atoms with Crippen LogP contribution >= 0.6 is 0 Å². The Morgan fingerprint density at radius 2 is 1.85 bits per heavy atom. The maximum absolute atomic E-state index is 9.80. The van der Waals surface area contributed by atoms with Crippen LogP contribution in [0.25, 0.3) is 0 Å².